The van der Waals surface area contributed by atoms with Gasteiger partial charge in [0.05, 0.1) is 39.9 Å². The number of carbonyl (C=O) groups excluding carboxylic acids is 1. The first-order valence-corrected chi connectivity index (χ1v) is 25.8. The van der Waals surface area contributed by atoms with Gasteiger partial charge in [0.15, 0.2) is 0 Å². The standard InChI is InChI=1S/C51H93N2O6P/c1-6-8-10-12-14-16-18-20-22-24-25-26-27-29-30-32-34-36-38-40-42-44-50(54)49(48-59-60(56,57)58-47-46-53(3,4)5)52-51(55)45-43-41-39-37-35-33-31-28-23-21-19-17-15-13-11-9-7-2/h9,11,15,17,21,23,31,33,37,39,42,44,49-50,54H,6-8,10,12-14,16,18-20,22,24-30,32,34-36,38,40-41,43,45-48H2,1-5H3,(H-,52,55,56,57)/p+1/b11-9-,17-15-,23-21-,33-31-,39-37-,44-42+. The third-order valence-corrected chi connectivity index (χ3v) is 11.4. The van der Waals surface area contributed by atoms with Crippen molar-refractivity contribution in [2.24, 2.45) is 0 Å². The van der Waals surface area contributed by atoms with E-state index in [9.17, 15) is 19.4 Å². The Bertz CT molecular complexity index is 1200. The molecule has 0 radical (unpaired) electrons. The molecular weight excluding hydrogens is 768 g/mol. The van der Waals surface area contributed by atoms with Crippen molar-refractivity contribution in [2.75, 3.05) is 40.9 Å². The molecule has 0 aliphatic rings. The quantitative estimate of drug-likeness (QED) is 0.0244. The number of nitrogens with zero attached hydrogens (tertiary/aromatic N) is 1. The highest BCUT2D eigenvalue weighted by Crippen LogP contribution is 2.43. The SMILES string of the molecule is CC/C=C\C/C=C\C/C=C\C/C=C\C/C=C\CCCC(=O)NC(COP(=O)(O)OCC[N+](C)(C)C)C(O)/C=C/CCCCCCCCCCCCCCCCCCCCC. The molecule has 0 saturated carbocycles. The summed E-state index contributed by atoms with van der Waals surface area (Å²) < 4.78 is 23.6. The first-order valence-electron chi connectivity index (χ1n) is 24.3. The topological polar surface area (TPSA) is 105 Å². The lowest BCUT2D eigenvalue weighted by Crippen LogP contribution is -2.45. The fourth-order valence-corrected chi connectivity index (χ4v) is 7.34. The van der Waals surface area contributed by atoms with Crippen molar-refractivity contribution in [1.29, 1.82) is 0 Å². The fourth-order valence-electron chi connectivity index (χ4n) is 6.61. The van der Waals surface area contributed by atoms with E-state index in [-0.39, 0.29) is 25.5 Å². The number of allylic oxidation sites excluding steroid dienone is 11. The summed E-state index contributed by atoms with van der Waals surface area (Å²) in [5.74, 6) is -0.235. The van der Waals surface area contributed by atoms with Crippen molar-refractivity contribution >= 4 is 13.7 Å². The maximum absolute atomic E-state index is 12.9. The first kappa shape index (κ1) is 57.9. The smallest absolute Gasteiger partial charge is 0.387 e. The van der Waals surface area contributed by atoms with E-state index in [0.717, 1.165) is 57.8 Å². The summed E-state index contributed by atoms with van der Waals surface area (Å²) in [6.45, 7) is 4.65. The number of unbranched alkanes of at least 4 members (excludes halogenated alkanes) is 20. The van der Waals surface area contributed by atoms with Crippen LogP contribution in [0.2, 0.25) is 0 Å². The van der Waals surface area contributed by atoms with Crippen LogP contribution in [-0.4, -0.2) is 73.4 Å². The number of hydrogen-bond acceptors (Lipinski definition) is 5. The Morgan fingerprint density at radius 3 is 1.45 bits per heavy atom. The van der Waals surface area contributed by atoms with Crippen LogP contribution in [0.4, 0.5) is 0 Å². The van der Waals surface area contributed by atoms with Gasteiger partial charge in [-0.3, -0.25) is 13.8 Å². The maximum Gasteiger partial charge on any atom is 0.472 e. The summed E-state index contributed by atoms with van der Waals surface area (Å²) >= 11 is 0. The van der Waals surface area contributed by atoms with Gasteiger partial charge in [-0.25, -0.2) is 4.57 Å². The van der Waals surface area contributed by atoms with Crippen molar-refractivity contribution in [3.05, 3.63) is 72.9 Å². The van der Waals surface area contributed by atoms with Crippen LogP contribution in [0.15, 0.2) is 72.9 Å². The molecule has 60 heavy (non-hydrogen) atoms. The number of phosphoric ester groups is 1. The monoisotopic (exact) mass is 862 g/mol. The molecule has 1 amide bonds. The lowest BCUT2D eigenvalue weighted by molar-refractivity contribution is -0.870. The first-order chi connectivity index (χ1) is 29.0. The molecular formula is C51H94N2O6P+. The van der Waals surface area contributed by atoms with Crippen LogP contribution < -0.4 is 5.32 Å². The van der Waals surface area contributed by atoms with Crippen molar-refractivity contribution in [3.8, 4) is 0 Å². The van der Waals surface area contributed by atoms with E-state index in [4.69, 9.17) is 9.05 Å². The Kier molecular flexibility index (Phi) is 40.8. The normalized spacial score (nSPS) is 14.8. The number of aliphatic hydroxyl groups excluding tert-OH is 1. The third-order valence-electron chi connectivity index (χ3n) is 10.4. The second-order valence-corrected chi connectivity index (χ2v) is 18.9. The van der Waals surface area contributed by atoms with Crippen molar-refractivity contribution in [2.45, 2.75) is 206 Å². The van der Waals surface area contributed by atoms with E-state index in [1.807, 2.05) is 27.2 Å². The molecule has 0 heterocycles. The molecule has 0 bridgehead atoms. The third kappa shape index (κ3) is 44.0. The molecule has 0 spiro atoms. The molecule has 0 aromatic rings. The average Bonchev–Trinajstić information content (AvgIpc) is 3.20. The number of rotatable bonds is 43. The van der Waals surface area contributed by atoms with E-state index < -0.39 is 20.0 Å². The van der Waals surface area contributed by atoms with E-state index in [1.54, 1.807) is 6.08 Å². The molecule has 0 fully saturated rings. The zero-order valence-electron chi connectivity index (χ0n) is 39.4. The highest BCUT2D eigenvalue weighted by Gasteiger charge is 2.27. The van der Waals surface area contributed by atoms with E-state index in [1.165, 1.54) is 109 Å². The Balaban J connectivity index is 4.45. The summed E-state index contributed by atoms with van der Waals surface area (Å²) in [6, 6.07) is -0.880. The number of likely N-dealkylation sites (N-methyl/N-ethyl adjacent to an activating group) is 1. The van der Waals surface area contributed by atoms with Crippen molar-refractivity contribution in [3.63, 3.8) is 0 Å². The highest BCUT2D eigenvalue weighted by atomic mass is 31.2. The van der Waals surface area contributed by atoms with Gasteiger partial charge in [-0.2, -0.15) is 0 Å². The summed E-state index contributed by atoms with van der Waals surface area (Å²) in [4.78, 5) is 23.1. The molecule has 348 valence electrons. The molecule has 8 nitrogen and oxygen atoms in total. The zero-order chi connectivity index (χ0) is 44.3. The number of quaternary nitrogens is 1. The second kappa shape index (κ2) is 42.3. The van der Waals surface area contributed by atoms with Gasteiger partial charge in [0.25, 0.3) is 0 Å². The maximum atomic E-state index is 12.9. The highest BCUT2D eigenvalue weighted by molar-refractivity contribution is 7.47. The Morgan fingerprint density at radius 2 is 1.00 bits per heavy atom. The molecule has 3 N–H and O–H groups in total. The van der Waals surface area contributed by atoms with Crippen LogP contribution in [0, 0.1) is 0 Å². The fraction of sp³-hybridized carbons (Fsp3) is 0.745. The van der Waals surface area contributed by atoms with Crippen LogP contribution in [0.25, 0.3) is 0 Å². The van der Waals surface area contributed by atoms with Crippen LogP contribution in [-0.2, 0) is 18.4 Å². The van der Waals surface area contributed by atoms with Crippen LogP contribution >= 0.6 is 7.82 Å². The van der Waals surface area contributed by atoms with Gasteiger partial charge < -0.3 is 19.8 Å². The number of amides is 1. The molecule has 0 rings (SSSR count). The Labute approximate surface area is 370 Å². The molecule has 0 saturated heterocycles. The second-order valence-electron chi connectivity index (χ2n) is 17.5. The number of aliphatic hydroxyl groups is 1. The lowest BCUT2D eigenvalue weighted by atomic mass is 10.0. The van der Waals surface area contributed by atoms with Gasteiger partial charge in [-0.15, -0.1) is 0 Å². The predicted molar refractivity (Wildman–Crippen MR) is 258 cm³/mol. The van der Waals surface area contributed by atoms with Crippen LogP contribution in [0.3, 0.4) is 0 Å². The summed E-state index contributed by atoms with van der Waals surface area (Å²) in [7, 11) is 1.53. The minimum atomic E-state index is -4.36. The minimum Gasteiger partial charge on any atom is -0.387 e. The number of nitrogens with one attached hydrogen (secondary N) is 1. The summed E-state index contributed by atoms with van der Waals surface area (Å²) in [5.41, 5.74) is 0. The van der Waals surface area contributed by atoms with Crippen LogP contribution in [0.5, 0.6) is 0 Å². The number of hydrogen-bond donors (Lipinski definition) is 3. The van der Waals surface area contributed by atoms with Gasteiger partial charge in [0.2, 0.25) is 5.91 Å². The van der Waals surface area contributed by atoms with E-state index >= 15 is 0 Å². The summed E-state index contributed by atoms with van der Waals surface area (Å²) in [6.07, 6.45) is 57.0. The molecule has 0 aromatic heterocycles. The van der Waals surface area contributed by atoms with Crippen molar-refractivity contribution < 1.29 is 32.9 Å². The van der Waals surface area contributed by atoms with Gasteiger partial charge in [0.1, 0.15) is 13.2 Å². The predicted octanol–water partition coefficient (Wildman–Crippen LogP) is 14.0. The lowest BCUT2D eigenvalue weighted by Gasteiger charge is -2.25. The Morgan fingerprint density at radius 1 is 0.583 bits per heavy atom. The number of phosphoric acid groups is 1. The van der Waals surface area contributed by atoms with Crippen LogP contribution in [0.1, 0.15) is 194 Å². The van der Waals surface area contributed by atoms with Gasteiger partial charge in [-0.05, 0) is 57.8 Å². The molecule has 3 unspecified atom stereocenters. The molecule has 0 aliphatic heterocycles. The zero-order valence-corrected chi connectivity index (χ0v) is 40.3. The largest absolute Gasteiger partial charge is 0.472 e. The average molecular weight is 862 g/mol. The van der Waals surface area contributed by atoms with E-state index in [0.29, 0.717) is 17.4 Å². The Hall–Kier alpha value is -2.06. The summed E-state index contributed by atoms with van der Waals surface area (Å²) in [5, 5.41) is 13.8. The minimum absolute atomic E-state index is 0.0476. The van der Waals surface area contributed by atoms with Crippen molar-refractivity contribution in [1.82, 2.24) is 5.32 Å². The van der Waals surface area contributed by atoms with Gasteiger partial charge in [0, 0.05) is 6.42 Å². The molecule has 0 aliphatic carbocycles. The van der Waals surface area contributed by atoms with E-state index in [2.05, 4.69) is 79.9 Å². The number of carbonyl (C=O) groups is 1. The molecule has 0 aromatic carbocycles. The van der Waals surface area contributed by atoms with Gasteiger partial charge in [-0.1, -0.05) is 202 Å². The molecule has 3 atom stereocenters. The van der Waals surface area contributed by atoms with Gasteiger partial charge >= 0.3 is 7.82 Å². The molecule has 9 heteroatoms.